The lowest BCUT2D eigenvalue weighted by Gasteiger charge is -2.31. The van der Waals surface area contributed by atoms with Gasteiger partial charge >= 0.3 is 0 Å². The molecule has 0 saturated heterocycles. The summed E-state index contributed by atoms with van der Waals surface area (Å²) in [6.45, 7) is 9.21. The van der Waals surface area contributed by atoms with Gasteiger partial charge in [0.15, 0.2) is 0 Å². The van der Waals surface area contributed by atoms with Crippen LogP contribution in [-0.4, -0.2) is 48.4 Å². The Labute approximate surface area is 106 Å². The molecular formula is C14H28N2O. The molecule has 0 radical (unpaired) electrons. The highest BCUT2D eigenvalue weighted by molar-refractivity contribution is 5.81. The molecule has 1 amide bonds. The van der Waals surface area contributed by atoms with Crippen LogP contribution in [0.5, 0.6) is 0 Å². The van der Waals surface area contributed by atoms with Crippen molar-refractivity contribution >= 4 is 5.91 Å². The van der Waals surface area contributed by atoms with Gasteiger partial charge in [0, 0.05) is 13.1 Å². The molecule has 1 fully saturated rings. The molecule has 1 aliphatic rings. The molecule has 1 atom stereocenters. The molecule has 0 aromatic heterocycles. The summed E-state index contributed by atoms with van der Waals surface area (Å²) in [5, 5.41) is 0. The summed E-state index contributed by atoms with van der Waals surface area (Å²) < 4.78 is 0. The van der Waals surface area contributed by atoms with Crippen LogP contribution in [0, 0.1) is 5.92 Å². The van der Waals surface area contributed by atoms with Crippen LogP contribution >= 0.6 is 0 Å². The van der Waals surface area contributed by atoms with Crippen LogP contribution in [0.3, 0.4) is 0 Å². The first kappa shape index (κ1) is 14.5. The number of carbonyl (C=O) groups excluding carboxylic acids is 1. The van der Waals surface area contributed by atoms with Gasteiger partial charge in [-0.1, -0.05) is 20.8 Å². The lowest BCUT2D eigenvalue weighted by molar-refractivity contribution is -0.137. The van der Waals surface area contributed by atoms with Crippen LogP contribution in [0.15, 0.2) is 0 Å². The minimum atomic E-state index is 0.0744. The first-order chi connectivity index (χ1) is 8.13. The van der Waals surface area contributed by atoms with Crippen molar-refractivity contribution in [3.63, 3.8) is 0 Å². The third-order valence-corrected chi connectivity index (χ3v) is 3.68. The Balaban J connectivity index is 2.59. The molecule has 0 aromatic rings. The van der Waals surface area contributed by atoms with Gasteiger partial charge in [-0.05, 0) is 45.2 Å². The number of rotatable bonds is 8. The zero-order chi connectivity index (χ0) is 12.8. The van der Waals surface area contributed by atoms with Crippen molar-refractivity contribution in [2.24, 2.45) is 5.92 Å². The topological polar surface area (TPSA) is 23.6 Å². The van der Waals surface area contributed by atoms with E-state index in [0.717, 1.165) is 38.4 Å². The molecule has 3 nitrogen and oxygen atoms in total. The number of likely N-dealkylation sites (N-methyl/N-ethyl adjacent to an activating group) is 1. The quantitative estimate of drug-likeness (QED) is 0.650. The Kier molecular flexibility index (Phi) is 5.96. The van der Waals surface area contributed by atoms with Gasteiger partial charge in [0.05, 0.1) is 6.04 Å². The van der Waals surface area contributed by atoms with Crippen LogP contribution in [0.2, 0.25) is 0 Å². The summed E-state index contributed by atoms with van der Waals surface area (Å²) in [4.78, 5) is 16.8. The van der Waals surface area contributed by atoms with Crippen molar-refractivity contribution in [2.45, 2.75) is 52.5 Å². The van der Waals surface area contributed by atoms with E-state index >= 15 is 0 Å². The maximum atomic E-state index is 12.5. The maximum absolute atomic E-state index is 12.5. The molecule has 1 saturated carbocycles. The summed E-state index contributed by atoms with van der Waals surface area (Å²) >= 11 is 0. The van der Waals surface area contributed by atoms with Crippen LogP contribution < -0.4 is 0 Å². The lowest BCUT2D eigenvalue weighted by Crippen LogP contribution is -2.47. The van der Waals surface area contributed by atoms with Crippen molar-refractivity contribution in [1.29, 1.82) is 0 Å². The molecule has 3 heteroatoms. The fourth-order valence-corrected chi connectivity index (χ4v) is 2.28. The Morgan fingerprint density at radius 3 is 2.35 bits per heavy atom. The molecule has 0 N–H and O–H groups in total. The minimum absolute atomic E-state index is 0.0744. The number of hydrogen-bond acceptors (Lipinski definition) is 2. The second kappa shape index (κ2) is 7.00. The molecule has 0 aromatic carbocycles. The number of carbonyl (C=O) groups is 1. The lowest BCUT2D eigenvalue weighted by atomic mass is 10.1. The summed E-state index contributed by atoms with van der Waals surface area (Å²) in [6.07, 6.45) is 4.60. The number of hydrogen-bond donors (Lipinski definition) is 0. The van der Waals surface area contributed by atoms with Crippen LogP contribution in [-0.2, 0) is 4.79 Å². The average Bonchev–Trinajstić information content (AvgIpc) is 3.12. The molecule has 1 aliphatic carbocycles. The van der Waals surface area contributed by atoms with E-state index in [4.69, 9.17) is 0 Å². The van der Waals surface area contributed by atoms with Gasteiger partial charge in [-0.25, -0.2) is 0 Å². The van der Waals surface area contributed by atoms with Gasteiger partial charge in [0.2, 0.25) is 5.91 Å². The Morgan fingerprint density at radius 2 is 1.94 bits per heavy atom. The Hall–Kier alpha value is -0.570. The molecule has 1 rings (SSSR count). The van der Waals surface area contributed by atoms with Gasteiger partial charge in [-0.15, -0.1) is 0 Å². The van der Waals surface area contributed by atoms with Crippen molar-refractivity contribution in [1.82, 2.24) is 9.80 Å². The first-order valence-electron chi connectivity index (χ1n) is 7.12. The monoisotopic (exact) mass is 240 g/mol. The van der Waals surface area contributed by atoms with Gasteiger partial charge in [0.1, 0.15) is 0 Å². The Bertz CT molecular complexity index is 238. The molecular weight excluding hydrogens is 212 g/mol. The standard InChI is InChI=1S/C14H28N2O/c1-5-10-16(11-12-8-9-12)14(17)13(6-2)15(4)7-3/h12-13H,5-11H2,1-4H3. The highest BCUT2D eigenvalue weighted by Gasteiger charge is 2.30. The van der Waals surface area contributed by atoms with Crippen molar-refractivity contribution in [2.75, 3.05) is 26.7 Å². The predicted octanol–water partition coefficient (Wildman–Crippen LogP) is 2.37. The highest BCUT2D eigenvalue weighted by Crippen LogP contribution is 2.30. The second-order valence-corrected chi connectivity index (χ2v) is 5.22. The molecule has 0 bridgehead atoms. The molecule has 1 unspecified atom stereocenters. The van der Waals surface area contributed by atoms with Crippen LogP contribution in [0.1, 0.15) is 46.5 Å². The third kappa shape index (κ3) is 4.30. The van der Waals surface area contributed by atoms with E-state index in [1.165, 1.54) is 12.8 Å². The fraction of sp³-hybridized carbons (Fsp3) is 0.929. The molecule has 0 aliphatic heterocycles. The van der Waals surface area contributed by atoms with Crippen molar-refractivity contribution in [3.05, 3.63) is 0 Å². The predicted molar refractivity (Wildman–Crippen MR) is 72.0 cm³/mol. The zero-order valence-corrected chi connectivity index (χ0v) is 11.9. The molecule has 17 heavy (non-hydrogen) atoms. The molecule has 0 spiro atoms. The SMILES string of the molecule is CCCN(CC1CC1)C(=O)C(CC)N(C)CC. The highest BCUT2D eigenvalue weighted by atomic mass is 16.2. The van der Waals surface area contributed by atoms with Crippen molar-refractivity contribution in [3.8, 4) is 0 Å². The van der Waals surface area contributed by atoms with E-state index in [1.54, 1.807) is 0 Å². The van der Waals surface area contributed by atoms with Gasteiger partial charge in [-0.3, -0.25) is 9.69 Å². The molecule has 0 heterocycles. The summed E-state index contributed by atoms with van der Waals surface area (Å²) in [6, 6.07) is 0.0744. The minimum Gasteiger partial charge on any atom is -0.341 e. The fourth-order valence-electron chi connectivity index (χ4n) is 2.28. The van der Waals surface area contributed by atoms with E-state index < -0.39 is 0 Å². The summed E-state index contributed by atoms with van der Waals surface area (Å²) in [7, 11) is 2.05. The van der Waals surface area contributed by atoms with E-state index in [2.05, 4.69) is 30.6 Å². The van der Waals surface area contributed by atoms with Crippen molar-refractivity contribution < 1.29 is 4.79 Å². The molecule has 100 valence electrons. The van der Waals surface area contributed by atoms with E-state index in [1.807, 2.05) is 7.05 Å². The normalized spacial score (nSPS) is 17.2. The van der Waals surface area contributed by atoms with E-state index in [-0.39, 0.29) is 6.04 Å². The van der Waals surface area contributed by atoms with Gasteiger partial charge in [-0.2, -0.15) is 0 Å². The summed E-state index contributed by atoms with van der Waals surface area (Å²) in [5.74, 6) is 1.13. The average molecular weight is 240 g/mol. The second-order valence-electron chi connectivity index (χ2n) is 5.22. The third-order valence-electron chi connectivity index (χ3n) is 3.68. The van der Waals surface area contributed by atoms with Gasteiger partial charge in [0.25, 0.3) is 0 Å². The maximum Gasteiger partial charge on any atom is 0.239 e. The van der Waals surface area contributed by atoms with Crippen LogP contribution in [0.25, 0.3) is 0 Å². The first-order valence-corrected chi connectivity index (χ1v) is 7.12. The van der Waals surface area contributed by atoms with Crippen LogP contribution in [0.4, 0.5) is 0 Å². The Morgan fingerprint density at radius 1 is 1.29 bits per heavy atom. The summed E-state index contributed by atoms with van der Waals surface area (Å²) in [5.41, 5.74) is 0. The van der Waals surface area contributed by atoms with Gasteiger partial charge < -0.3 is 4.90 Å². The largest absolute Gasteiger partial charge is 0.341 e. The number of nitrogens with zero attached hydrogens (tertiary/aromatic N) is 2. The van der Waals surface area contributed by atoms with E-state index in [0.29, 0.717) is 5.91 Å². The van der Waals surface area contributed by atoms with E-state index in [9.17, 15) is 4.79 Å². The number of amides is 1. The smallest absolute Gasteiger partial charge is 0.239 e. The zero-order valence-electron chi connectivity index (χ0n) is 11.9.